The number of alkyl halides is 3. The van der Waals surface area contributed by atoms with Crippen LogP contribution in [0, 0.1) is 0 Å². The maximum absolute atomic E-state index is 13.1. The van der Waals surface area contributed by atoms with Crippen LogP contribution in [0.15, 0.2) is 24.4 Å². The van der Waals surface area contributed by atoms with Gasteiger partial charge in [0.2, 0.25) is 5.95 Å². The number of rotatable bonds is 2. The summed E-state index contributed by atoms with van der Waals surface area (Å²) in [5.74, 6) is 0.305. The summed E-state index contributed by atoms with van der Waals surface area (Å²) < 4.78 is 39.3. The lowest BCUT2D eigenvalue weighted by Crippen LogP contribution is -2.48. The summed E-state index contributed by atoms with van der Waals surface area (Å²) in [7, 11) is 0. The van der Waals surface area contributed by atoms with Gasteiger partial charge in [-0.05, 0) is 12.1 Å². The zero-order valence-electron chi connectivity index (χ0n) is 12.3. The summed E-state index contributed by atoms with van der Waals surface area (Å²) in [6.45, 7) is 1.58. The second-order valence-electron chi connectivity index (χ2n) is 5.16. The highest BCUT2D eigenvalue weighted by Gasteiger charge is 2.36. The third-order valence-electron chi connectivity index (χ3n) is 3.61. The van der Waals surface area contributed by atoms with Crippen LogP contribution in [-0.4, -0.2) is 41.1 Å². The van der Waals surface area contributed by atoms with Crippen LogP contribution in [0.2, 0.25) is 10.3 Å². The number of hydrogen-bond acceptors (Lipinski definition) is 5. The van der Waals surface area contributed by atoms with E-state index in [1.165, 1.54) is 18.3 Å². The van der Waals surface area contributed by atoms with Crippen molar-refractivity contribution in [3.63, 3.8) is 0 Å². The van der Waals surface area contributed by atoms with Crippen molar-refractivity contribution in [3.05, 3.63) is 40.3 Å². The van der Waals surface area contributed by atoms with Crippen molar-refractivity contribution in [1.29, 1.82) is 0 Å². The number of nitrogens with zero attached hydrogens (tertiary/aromatic N) is 5. The molecule has 1 fully saturated rings. The van der Waals surface area contributed by atoms with Crippen molar-refractivity contribution in [2.24, 2.45) is 0 Å². The molecular formula is C14H12Cl2F3N5. The lowest BCUT2D eigenvalue weighted by atomic mass is 10.2. The summed E-state index contributed by atoms with van der Waals surface area (Å²) in [5.41, 5.74) is -0.736. The van der Waals surface area contributed by atoms with Gasteiger partial charge < -0.3 is 9.80 Å². The lowest BCUT2D eigenvalue weighted by Gasteiger charge is -2.36. The predicted molar refractivity (Wildman–Crippen MR) is 85.7 cm³/mol. The smallest absolute Gasteiger partial charge is 0.353 e. The van der Waals surface area contributed by atoms with Crippen molar-refractivity contribution >= 4 is 35.0 Å². The molecule has 0 atom stereocenters. The summed E-state index contributed by atoms with van der Waals surface area (Å²) in [6.07, 6.45) is -3.08. The average molecular weight is 378 g/mol. The molecule has 5 nitrogen and oxygen atoms in total. The zero-order valence-corrected chi connectivity index (χ0v) is 13.8. The lowest BCUT2D eigenvalue weighted by molar-refractivity contribution is -0.137. The van der Waals surface area contributed by atoms with Crippen LogP contribution >= 0.6 is 23.2 Å². The molecule has 0 bridgehead atoms. The van der Waals surface area contributed by atoms with Gasteiger partial charge in [0.05, 0.1) is 5.56 Å². The normalized spacial score (nSPS) is 15.7. The highest BCUT2D eigenvalue weighted by atomic mass is 35.5. The first-order chi connectivity index (χ1) is 11.3. The van der Waals surface area contributed by atoms with Crippen LogP contribution in [-0.2, 0) is 6.18 Å². The van der Waals surface area contributed by atoms with Gasteiger partial charge in [-0.1, -0.05) is 23.2 Å². The molecule has 3 rings (SSSR count). The summed E-state index contributed by atoms with van der Waals surface area (Å²) >= 11 is 11.7. The monoisotopic (exact) mass is 377 g/mol. The SMILES string of the molecule is FC(F)(F)c1cccnc1N1CCN(c2nc(Cl)cc(Cl)n2)CC1. The molecule has 0 aromatic carbocycles. The van der Waals surface area contributed by atoms with E-state index in [0.29, 0.717) is 32.1 Å². The van der Waals surface area contributed by atoms with Gasteiger partial charge >= 0.3 is 6.18 Å². The number of anilines is 2. The van der Waals surface area contributed by atoms with E-state index in [2.05, 4.69) is 15.0 Å². The Bertz CT molecular complexity index is 712. The van der Waals surface area contributed by atoms with Crippen molar-refractivity contribution in [2.45, 2.75) is 6.18 Å². The van der Waals surface area contributed by atoms with Crippen molar-refractivity contribution < 1.29 is 13.2 Å². The van der Waals surface area contributed by atoms with Gasteiger partial charge in [-0.25, -0.2) is 15.0 Å². The Morgan fingerprint density at radius 2 is 1.54 bits per heavy atom. The Balaban J connectivity index is 1.76. The standard InChI is InChI=1S/C14H12Cl2F3N5/c15-10-8-11(16)22-13(21-10)24-6-4-23(5-7-24)12-9(14(17,18)19)2-1-3-20-12/h1-3,8H,4-7H2. The van der Waals surface area contributed by atoms with Crippen LogP contribution in [0.5, 0.6) is 0 Å². The van der Waals surface area contributed by atoms with Gasteiger partial charge in [0.25, 0.3) is 0 Å². The average Bonchev–Trinajstić information content (AvgIpc) is 2.53. The molecule has 0 N–H and O–H groups in total. The molecule has 1 aliphatic rings. The number of hydrogen-bond donors (Lipinski definition) is 0. The zero-order chi connectivity index (χ0) is 17.3. The molecule has 2 aromatic rings. The van der Waals surface area contributed by atoms with Crippen molar-refractivity contribution in [3.8, 4) is 0 Å². The van der Waals surface area contributed by atoms with Crippen LogP contribution in [0.4, 0.5) is 24.9 Å². The molecule has 0 unspecified atom stereocenters. The van der Waals surface area contributed by atoms with E-state index in [4.69, 9.17) is 23.2 Å². The van der Waals surface area contributed by atoms with E-state index in [-0.39, 0.29) is 16.1 Å². The highest BCUT2D eigenvalue weighted by molar-refractivity contribution is 6.33. The Kier molecular flexibility index (Phi) is 4.69. The first kappa shape index (κ1) is 17.0. The third-order valence-corrected chi connectivity index (χ3v) is 3.99. The number of pyridine rings is 1. The second kappa shape index (κ2) is 6.60. The van der Waals surface area contributed by atoms with E-state index in [1.54, 1.807) is 4.90 Å². The molecule has 24 heavy (non-hydrogen) atoms. The first-order valence-electron chi connectivity index (χ1n) is 7.07. The van der Waals surface area contributed by atoms with Crippen LogP contribution in [0.1, 0.15) is 5.56 Å². The van der Waals surface area contributed by atoms with Gasteiger partial charge in [0.1, 0.15) is 16.1 Å². The van der Waals surface area contributed by atoms with E-state index < -0.39 is 11.7 Å². The van der Waals surface area contributed by atoms with Gasteiger partial charge in [-0.3, -0.25) is 0 Å². The van der Waals surface area contributed by atoms with Gasteiger partial charge in [0, 0.05) is 38.4 Å². The maximum atomic E-state index is 13.1. The molecular weight excluding hydrogens is 366 g/mol. The largest absolute Gasteiger partial charge is 0.419 e. The Morgan fingerprint density at radius 3 is 2.12 bits per heavy atom. The number of aromatic nitrogens is 3. The number of halogens is 5. The number of piperazine rings is 1. The molecule has 128 valence electrons. The molecule has 0 radical (unpaired) electrons. The van der Waals surface area contributed by atoms with Gasteiger partial charge in [-0.2, -0.15) is 13.2 Å². The quantitative estimate of drug-likeness (QED) is 0.749. The summed E-state index contributed by atoms with van der Waals surface area (Å²) in [6, 6.07) is 3.74. The molecule has 1 saturated heterocycles. The maximum Gasteiger partial charge on any atom is 0.419 e. The summed E-state index contributed by atoms with van der Waals surface area (Å²) in [4.78, 5) is 15.5. The fourth-order valence-electron chi connectivity index (χ4n) is 2.51. The molecule has 3 heterocycles. The van der Waals surface area contributed by atoms with E-state index in [1.807, 2.05) is 4.90 Å². The Hall–Kier alpha value is -1.80. The topological polar surface area (TPSA) is 45.2 Å². The third kappa shape index (κ3) is 3.64. The van der Waals surface area contributed by atoms with Crippen LogP contribution in [0.3, 0.4) is 0 Å². The predicted octanol–water partition coefficient (Wildman–Crippen LogP) is 3.52. The van der Waals surface area contributed by atoms with Crippen LogP contribution in [0.25, 0.3) is 0 Å². The van der Waals surface area contributed by atoms with Gasteiger partial charge in [-0.15, -0.1) is 0 Å². The fourth-order valence-corrected chi connectivity index (χ4v) is 2.92. The summed E-state index contributed by atoms with van der Waals surface area (Å²) in [5, 5.41) is 0.438. The van der Waals surface area contributed by atoms with Crippen molar-refractivity contribution in [2.75, 3.05) is 36.0 Å². The van der Waals surface area contributed by atoms with E-state index in [0.717, 1.165) is 6.07 Å². The molecule has 10 heteroatoms. The second-order valence-corrected chi connectivity index (χ2v) is 5.93. The fraction of sp³-hybridized carbons (Fsp3) is 0.357. The highest BCUT2D eigenvalue weighted by Crippen LogP contribution is 2.35. The first-order valence-corrected chi connectivity index (χ1v) is 7.82. The Morgan fingerprint density at radius 1 is 0.958 bits per heavy atom. The van der Waals surface area contributed by atoms with E-state index in [9.17, 15) is 13.2 Å². The molecule has 0 saturated carbocycles. The molecule has 0 aliphatic carbocycles. The van der Waals surface area contributed by atoms with Crippen LogP contribution < -0.4 is 9.80 Å². The molecule has 0 spiro atoms. The molecule has 2 aromatic heterocycles. The Labute approximate surface area is 146 Å². The van der Waals surface area contributed by atoms with E-state index >= 15 is 0 Å². The molecule has 0 amide bonds. The minimum atomic E-state index is -4.44. The van der Waals surface area contributed by atoms with Gasteiger partial charge in [0.15, 0.2) is 0 Å². The minimum Gasteiger partial charge on any atom is -0.353 e. The molecule has 1 aliphatic heterocycles. The minimum absolute atomic E-state index is 0.0605. The van der Waals surface area contributed by atoms with Crippen molar-refractivity contribution in [1.82, 2.24) is 15.0 Å².